The Morgan fingerprint density at radius 3 is 1.26 bits per heavy atom. The first kappa shape index (κ1) is 19.9. The van der Waals surface area contributed by atoms with Crippen LogP contribution in [0.15, 0.2) is 122 Å². The van der Waals surface area contributed by atoms with Gasteiger partial charge in [0.1, 0.15) is 0 Å². The summed E-state index contributed by atoms with van der Waals surface area (Å²) in [6, 6.07) is 34.9. The number of nitrogens with zero attached hydrogens (tertiary/aromatic N) is 2. The maximum Gasteiger partial charge on any atom is 0.251 e. The zero-order chi connectivity index (χ0) is 23.1. The number of ketones is 2. The van der Waals surface area contributed by atoms with Crippen LogP contribution in [0.1, 0.15) is 21.0 Å². The van der Waals surface area contributed by atoms with Crippen LogP contribution in [0.5, 0.6) is 0 Å². The summed E-state index contributed by atoms with van der Waals surface area (Å²) < 4.78 is 3.60. The molecule has 0 bridgehead atoms. The molecule has 34 heavy (non-hydrogen) atoms. The van der Waals surface area contributed by atoms with E-state index in [4.69, 9.17) is 0 Å². The molecule has 4 heteroatoms. The van der Waals surface area contributed by atoms with Gasteiger partial charge in [-0.3, -0.25) is 9.59 Å². The van der Waals surface area contributed by atoms with E-state index in [1.807, 2.05) is 109 Å². The van der Waals surface area contributed by atoms with Crippen LogP contribution in [0.2, 0.25) is 0 Å². The van der Waals surface area contributed by atoms with Gasteiger partial charge >= 0.3 is 0 Å². The van der Waals surface area contributed by atoms with Crippen molar-refractivity contribution >= 4 is 22.6 Å². The van der Waals surface area contributed by atoms with Gasteiger partial charge in [0.05, 0.1) is 11.4 Å². The van der Waals surface area contributed by atoms with E-state index in [9.17, 15) is 9.59 Å². The first-order valence-corrected chi connectivity index (χ1v) is 11.1. The van der Waals surface area contributed by atoms with Crippen molar-refractivity contribution in [3.63, 3.8) is 0 Å². The van der Waals surface area contributed by atoms with E-state index in [1.54, 1.807) is 20.9 Å². The Bertz CT molecular complexity index is 1550. The van der Waals surface area contributed by atoms with E-state index in [0.717, 1.165) is 33.3 Å². The van der Waals surface area contributed by atoms with Gasteiger partial charge in [-0.15, -0.1) is 0 Å². The average Bonchev–Trinajstić information content (AvgIpc) is 3.53. The van der Waals surface area contributed by atoms with Gasteiger partial charge in [-0.25, -0.2) is 0 Å². The molecule has 0 radical (unpaired) electrons. The molecule has 0 amide bonds. The SMILES string of the molecule is O=C(C(=O)c1cccc2cc(-c3ccccc3)cn12)c1cccc2cc(-c3ccccc3)cn12. The molecule has 0 fully saturated rings. The third-order valence-electron chi connectivity index (χ3n) is 6.15. The Kier molecular flexibility index (Phi) is 4.70. The molecule has 0 aliphatic carbocycles. The van der Waals surface area contributed by atoms with Crippen LogP contribution < -0.4 is 0 Å². The number of carbonyl (C=O) groups is 2. The van der Waals surface area contributed by atoms with Gasteiger partial charge in [-0.1, -0.05) is 72.8 Å². The van der Waals surface area contributed by atoms with Crippen LogP contribution in [0.3, 0.4) is 0 Å². The van der Waals surface area contributed by atoms with Crippen LogP contribution >= 0.6 is 0 Å². The lowest BCUT2D eigenvalue weighted by atomic mass is 10.1. The summed E-state index contributed by atoms with van der Waals surface area (Å²) in [5.74, 6) is -1.08. The highest BCUT2D eigenvalue weighted by atomic mass is 16.2. The number of aromatic nitrogens is 2. The number of hydrogen-bond donors (Lipinski definition) is 0. The highest BCUT2D eigenvalue weighted by molar-refractivity contribution is 6.48. The minimum atomic E-state index is -0.539. The lowest BCUT2D eigenvalue weighted by molar-refractivity contribution is 0.0809. The summed E-state index contributed by atoms with van der Waals surface area (Å²) in [4.78, 5) is 26.9. The van der Waals surface area contributed by atoms with Crippen molar-refractivity contribution in [1.29, 1.82) is 0 Å². The molecule has 0 N–H and O–H groups in total. The quantitative estimate of drug-likeness (QED) is 0.224. The summed E-state index contributed by atoms with van der Waals surface area (Å²) >= 11 is 0. The van der Waals surface area contributed by atoms with Crippen LogP contribution in [-0.4, -0.2) is 20.4 Å². The molecule has 0 unspecified atom stereocenters. The molecule has 4 heterocycles. The van der Waals surface area contributed by atoms with Gasteiger partial charge in [0.2, 0.25) is 0 Å². The number of carbonyl (C=O) groups excluding carboxylic acids is 2. The third-order valence-corrected chi connectivity index (χ3v) is 6.15. The minimum absolute atomic E-state index is 0.345. The molecule has 0 saturated heterocycles. The lowest BCUT2D eigenvalue weighted by Gasteiger charge is -2.07. The molecule has 0 aliphatic rings. The van der Waals surface area contributed by atoms with E-state index in [1.165, 1.54) is 0 Å². The minimum Gasteiger partial charge on any atom is -0.313 e. The average molecular weight is 441 g/mol. The smallest absolute Gasteiger partial charge is 0.251 e. The maximum atomic E-state index is 13.4. The lowest BCUT2D eigenvalue weighted by Crippen LogP contribution is -2.19. The Labute approximate surface area is 196 Å². The van der Waals surface area contributed by atoms with E-state index < -0.39 is 11.6 Å². The highest BCUT2D eigenvalue weighted by Gasteiger charge is 2.23. The molecule has 0 atom stereocenters. The predicted molar refractivity (Wildman–Crippen MR) is 134 cm³/mol. The Morgan fingerprint density at radius 1 is 0.441 bits per heavy atom. The van der Waals surface area contributed by atoms with E-state index in [-0.39, 0.29) is 0 Å². The van der Waals surface area contributed by atoms with Gasteiger partial charge in [0, 0.05) is 34.6 Å². The normalized spacial score (nSPS) is 11.2. The molecule has 6 aromatic rings. The second kappa shape index (κ2) is 8.01. The number of Topliss-reactive ketones (excluding diaryl/α,β-unsaturated/α-hetero) is 2. The van der Waals surface area contributed by atoms with Crippen molar-refractivity contribution < 1.29 is 9.59 Å². The van der Waals surface area contributed by atoms with E-state index >= 15 is 0 Å². The molecular weight excluding hydrogens is 420 g/mol. The van der Waals surface area contributed by atoms with E-state index in [2.05, 4.69) is 0 Å². The van der Waals surface area contributed by atoms with Gasteiger partial charge < -0.3 is 8.80 Å². The van der Waals surface area contributed by atoms with Gasteiger partial charge in [0.15, 0.2) is 0 Å². The first-order valence-electron chi connectivity index (χ1n) is 11.1. The number of pyridine rings is 2. The summed E-state index contributed by atoms with van der Waals surface area (Å²) in [6.45, 7) is 0. The highest BCUT2D eigenvalue weighted by Crippen LogP contribution is 2.26. The maximum absolute atomic E-state index is 13.4. The monoisotopic (exact) mass is 440 g/mol. The van der Waals surface area contributed by atoms with Gasteiger partial charge in [0.25, 0.3) is 11.6 Å². The van der Waals surface area contributed by atoms with Crippen molar-refractivity contribution in [2.24, 2.45) is 0 Å². The number of hydrogen-bond acceptors (Lipinski definition) is 2. The largest absolute Gasteiger partial charge is 0.313 e. The molecule has 4 nitrogen and oxygen atoms in total. The number of rotatable bonds is 5. The molecule has 4 aromatic heterocycles. The fourth-order valence-electron chi connectivity index (χ4n) is 4.45. The zero-order valence-corrected chi connectivity index (χ0v) is 18.3. The summed E-state index contributed by atoms with van der Waals surface area (Å²) in [6.07, 6.45) is 3.82. The summed E-state index contributed by atoms with van der Waals surface area (Å²) in [5.41, 5.74) is 6.52. The van der Waals surface area contributed by atoms with Crippen LogP contribution in [0, 0.1) is 0 Å². The van der Waals surface area contributed by atoms with Gasteiger partial charge in [-0.05, 0) is 47.5 Å². The molecule has 0 aliphatic heterocycles. The zero-order valence-electron chi connectivity index (χ0n) is 18.3. The fraction of sp³-hybridized carbons (Fsp3) is 0. The van der Waals surface area contributed by atoms with Crippen molar-refractivity contribution in [3.8, 4) is 22.3 Å². The Morgan fingerprint density at radius 2 is 0.853 bits per heavy atom. The Hall–Kier alpha value is -4.70. The fourth-order valence-corrected chi connectivity index (χ4v) is 4.45. The standard InChI is InChI=1S/C30H20N2O2/c33-29(27-15-7-13-25-17-23(19-31(25)27)21-9-3-1-4-10-21)30(34)28-16-8-14-26-18-24(20-32(26)28)22-11-5-2-6-12-22/h1-20H. The van der Waals surface area contributed by atoms with Crippen molar-refractivity contribution in [2.75, 3.05) is 0 Å². The molecular formula is C30H20N2O2. The second-order valence-corrected chi connectivity index (χ2v) is 8.26. The van der Waals surface area contributed by atoms with Gasteiger partial charge in [-0.2, -0.15) is 0 Å². The molecule has 2 aromatic carbocycles. The first-order chi connectivity index (χ1) is 16.7. The predicted octanol–water partition coefficient (Wildman–Crippen LogP) is 6.59. The van der Waals surface area contributed by atoms with Crippen molar-refractivity contribution in [3.05, 3.63) is 133 Å². The number of benzene rings is 2. The molecule has 0 saturated carbocycles. The van der Waals surface area contributed by atoms with Crippen LogP contribution in [-0.2, 0) is 0 Å². The Balaban J connectivity index is 1.42. The molecule has 162 valence electrons. The summed E-state index contributed by atoms with van der Waals surface area (Å²) in [5, 5.41) is 0. The van der Waals surface area contributed by atoms with E-state index in [0.29, 0.717) is 11.4 Å². The number of fused-ring (bicyclic) bond motifs is 2. The second-order valence-electron chi connectivity index (χ2n) is 8.26. The topological polar surface area (TPSA) is 43.0 Å². The van der Waals surface area contributed by atoms with Crippen LogP contribution in [0.4, 0.5) is 0 Å². The van der Waals surface area contributed by atoms with Crippen LogP contribution in [0.25, 0.3) is 33.3 Å². The van der Waals surface area contributed by atoms with Crippen molar-refractivity contribution in [1.82, 2.24) is 8.80 Å². The third kappa shape index (κ3) is 3.33. The summed E-state index contributed by atoms with van der Waals surface area (Å²) in [7, 11) is 0. The van der Waals surface area contributed by atoms with Crippen molar-refractivity contribution in [2.45, 2.75) is 0 Å². The molecule has 0 spiro atoms. The molecule has 6 rings (SSSR count).